The predicted octanol–water partition coefficient (Wildman–Crippen LogP) is 3.44. The van der Waals surface area contributed by atoms with E-state index in [0.717, 1.165) is 73.1 Å². The number of hydrogen-bond acceptors (Lipinski definition) is 7. The van der Waals surface area contributed by atoms with Gasteiger partial charge in [-0.1, -0.05) is 6.07 Å². The second-order valence-corrected chi connectivity index (χ2v) is 8.38. The van der Waals surface area contributed by atoms with Crippen molar-refractivity contribution in [2.24, 2.45) is 0 Å². The molecule has 0 spiro atoms. The number of rotatable bonds is 7. The van der Waals surface area contributed by atoms with Crippen LogP contribution in [0.5, 0.6) is 0 Å². The van der Waals surface area contributed by atoms with Gasteiger partial charge in [0, 0.05) is 37.0 Å². The molecular formula is C25H27N7O2. The van der Waals surface area contributed by atoms with Crippen molar-refractivity contribution in [1.82, 2.24) is 30.0 Å². The van der Waals surface area contributed by atoms with E-state index < -0.39 is 0 Å². The van der Waals surface area contributed by atoms with E-state index in [-0.39, 0.29) is 5.91 Å². The third-order valence-electron chi connectivity index (χ3n) is 5.85. The Hall–Kier alpha value is -3.69. The standard InChI is InChI=1S/C25H27N7O2/c1-17-4-2-5-22(28-17)25-19(16-27-31-25)20-7-8-21-23(30-20)14-18(15-26-21)29-24(33)6-3-9-32-10-12-34-13-11-32/h2,4-5,7-8,14-16H,3,6,9-13H2,1H3,(H,27,31)(H,29,33). The van der Waals surface area contributed by atoms with Gasteiger partial charge in [-0.05, 0) is 50.2 Å². The van der Waals surface area contributed by atoms with Crippen LogP contribution in [0.4, 0.5) is 5.69 Å². The molecular weight excluding hydrogens is 430 g/mol. The maximum atomic E-state index is 12.5. The molecule has 0 bridgehead atoms. The van der Waals surface area contributed by atoms with Crippen molar-refractivity contribution in [2.45, 2.75) is 19.8 Å². The van der Waals surface area contributed by atoms with Gasteiger partial charge in [0.25, 0.3) is 0 Å². The molecule has 1 aliphatic rings. The Bertz CT molecular complexity index is 1300. The van der Waals surface area contributed by atoms with E-state index in [2.05, 4.69) is 30.4 Å². The molecule has 0 unspecified atom stereocenters. The number of morpholine rings is 1. The number of aromatic nitrogens is 5. The first kappa shape index (κ1) is 22.1. The third kappa shape index (κ3) is 5.11. The first-order chi connectivity index (χ1) is 16.7. The van der Waals surface area contributed by atoms with Gasteiger partial charge in [-0.25, -0.2) is 4.98 Å². The molecule has 0 saturated carbocycles. The average molecular weight is 458 g/mol. The highest BCUT2D eigenvalue weighted by molar-refractivity contribution is 5.93. The average Bonchev–Trinajstić information content (AvgIpc) is 3.34. The van der Waals surface area contributed by atoms with Crippen molar-refractivity contribution >= 4 is 22.6 Å². The van der Waals surface area contributed by atoms with Gasteiger partial charge in [0.05, 0.1) is 47.5 Å². The molecule has 0 aromatic carbocycles. The molecule has 1 aliphatic heterocycles. The molecule has 9 heteroatoms. The molecule has 4 aromatic heterocycles. The predicted molar refractivity (Wildman–Crippen MR) is 130 cm³/mol. The molecule has 5 rings (SSSR count). The van der Waals surface area contributed by atoms with Crippen molar-refractivity contribution in [3.63, 3.8) is 0 Å². The summed E-state index contributed by atoms with van der Waals surface area (Å²) in [5.41, 5.74) is 6.17. The van der Waals surface area contributed by atoms with Crippen LogP contribution in [0.15, 0.2) is 48.8 Å². The Morgan fingerprint density at radius 2 is 2.00 bits per heavy atom. The number of anilines is 1. The zero-order chi connectivity index (χ0) is 23.3. The number of amides is 1. The minimum atomic E-state index is -0.0202. The van der Waals surface area contributed by atoms with Gasteiger partial charge in [-0.15, -0.1) is 0 Å². The Balaban J connectivity index is 1.30. The summed E-state index contributed by atoms with van der Waals surface area (Å²) in [7, 11) is 0. The van der Waals surface area contributed by atoms with Crippen molar-refractivity contribution in [2.75, 3.05) is 38.2 Å². The number of nitrogens with zero attached hydrogens (tertiary/aromatic N) is 5. The van der Waals surface area contributed by atoms with E-state index in [4.69, 9.17) is 9.72 Å². The molecule has 34 heavy (non-hydrogen) atoms. The fraction of sp³-hybridized carbons (Fsp3) is 0.320. The van der Waals surface area contributed by atoms with E-state index in [9.17, 15) is 4.79 Å². The first-order valence-electron chi connectivity index (χ1n) is 11.5. The second-order valence-electron chi connectivity index (χ2n) is 8.38. The highest BCUT2D eigenvalue weighted by Crippen LogP contribution is 2.29. The lowest BCUT2D eigenvalue weighted by Crippen LogP contribution is -2.37. The fourth-order valence-corrected chi connectivity index (χ4v) is 4.09. The number of pyridine rings is 3. The minimum Gasteiger partial charge on any atom is -0.379 e. The molecule has 1 amide bonds. The number of aromatic amines is 1. The molecule has 174 valence electrons. The molecule has 9 nitrogen and oxygen atoms in total. The van der Waals surface area contributed by atoms with Gasteiger partial charge in [-0.3, -0.25) is 24.8 Å². The summed E-state index contributed by atoms with van der Waals surface area (Å²) in [5.74, 6) is -0.0202. The topological polar surface area (TPSA) is 109 Å². The van der Waals surface area contributed by atoms with Crippen LogP contribution in [0.3, 0.4) is 0 Å². The van der Waals surface area contributed by atoms with E-state index >= 15 is 0 Å². The van der Waals surface area contributed by atoms with E-state index in [0.29, 0.717) is 17.6 Å². The largest absolute Gasteiger partial charge is 0.379 e. The van der Waals surface area contributed by atoms with Gasteiger partial charge in [-0.2, -0.15) is 5.10 Å². The number of H-pyrrole nitrogens is 1. The fourth-order valence-electron chi connectivity index (χ4n) is 4.09. The third-order valence-corrected chi connectivity index (χ3v) is 5.85. The molecule has 0 radical (unpaired) electrons. The highest BCUT2D eigenvalue weighted by Gasteiger charge is 2.15. The van der Waals surface area contributed by atoms with Gasteiger partial charge < -0.3 is 10.1 Å². The lowest BCUT2D eigenvalue weighted by Gasteiger charge is -2.26. The quantitative estimate of drug-likeness (QED) is 0.437. The normalized spacial score (nSPS) is 14.4. The Labute approximate surface area is 197 Å². The Kier molecular flexibility index (Phi) is 6.55. The second kappa shape index (κ2) is 10.1. The Morgan fingerprint density at radius 1 is 1.12 bits per heavy atom. The first-order valence-corrected chi connectivity index (χ1v) is 11.5. The van der Waals surface area contributed by atoms with Crippen molar-refractivity contribution in [3.8, 4) is 22.6 Å². The summed E-state index contributed by atoms with van der Waals surface area (Å²) in [6.45, 7) is 6.26. The lowest BCUT2D eigenvalue weighted by molar-refractivity contribution is -0.116. The summed E-state index contributed by atoms with van der Waals surface area (Å²) in [5, 5.41) is 10.3. The summed E-state index contributed by atoms with van der Waals surface area (Å²) in [6, 6.07) is 11.5. The molecule has 2 N–H and O–H groups in total. The van der Waals surface area contributed by atoms with E-state index in [1.165, 1.54) is 0 Å². The SMILES string of the molecule is Cc1cccc(-c2n[nH]cc2-c2ccc3ncc(NC(=O)CCCN4CCOCC4)cc3n2)n1. The summed E-state index contributed by atoms with van der Waals surface area (Å²) < 4.78 is 5.36. The van der Waals surface area contributed by atoms with Crippen molar-refractivity contribution in [3.05, 3.63) is 54.5 Å². The summed E-state index contributed by atoms with van der Waals surface area (Å²) in [4.78, 5) is 28.6. The number of carbonyl (C=O) groups excluding carboxylic acids is 1. The molecule has 0 atom stereocenters. The van der Waals surface area contributed by atoms with Crippen LogP contribution in [-0.2, 0) is 9.53 Å². The van der Waals surface area contributed by atoms with Crippen molar-refractivity contribution < 1.29 is 9.53 Å². The number of fused-ring (bicyclic) bond motifs is 1. The smallest absolute Gasteiger partial charge is 0.224 e. The molecule has 0 aliphatic carbocycles. The van der Waals surface area contributed by atoms with Gasteiger partial charge in [0.2, 0.25) is 5.91 Å². The number of carbonyl (C=O) groups is 1. The summed E-state index contributed by atoms with van der Waals surface area (Å²) >= 11 is 0. The van der Waals surface area contributed by atoms with E-state index in [1.54, 1.807) is 6.20 Å². The molecule has 4 aromatic rings. The monoisotopic (exact) mass is 457 g/mol. The zero-order valence-corrected chi connectivity index (χ0v) is 19.1. The van der Waals surface area contributed by atoms with Gasteiger partial charge in [0.15, 0.2) is 0 Å². The maximum absolute atomic E-state index is 12.5. The van der Waals surface area contributed by atoms with Crippen LogP contribution in [-0.4, -0.2) is 68.8 Å². The number of ether oxygens (including phenoxy) is 1. The molecule has 5 heterocycles. The lowest BCUT2D eigenvalue weighted by atomic mass is 10.1. The molecule has 1 saturated heterocycles. The van der Waals surface area contributed by atoms with Crippen molar-refractivity contribution in [1.29, 1.82) is 0 Å². The van der Waals surface area contributed by atoms with Crippen LogP contribution in [0.25, 0.3) is 33.7 Å². The van der Waals surface area contributed by atoms with Crippen LogP contribution in [0.2, 0.25) is 0 Å². The van der Waals surface area contributed by atoms with Crippen LogP contribution >= 0.6 is 0 Å². The van der Waals surface area contributed by atoms with E-state index in [1.807, 2.05) is 49.5 Å². The summed E-state index contributed by atoms with van der Waals surface area (Å²) in [6.07, 6.45) is 4.76. The number of aryl methyl sites for hydroxylation is 1. The number of nitrogens with one attached hydrogen (secondary N) is 2. The van der Waals surface area contributed by atoms with Gasteiger partial charge in [0.1, 0.15) is 5.69 Å². The Morgan fingerprint density at radius 3 is 2.85 bits per heavy atom. The van der Waals surface area contributed by atoms with Crippen LogP contribution in [0.1, 0.15) is 18.5 Å². The minimum absolute atomic E-state index is 0.0202. The van der Waals surface area contributed by atoms with Crippen LogP contribution in [0, 0.1) is 6.92 Å². The zero-order valence-electron chi connectivity index (χ0n) is 19.1. The highest BCUT2D eigenvalue weighted by atomic mass is 16.5. The van der Waals surface area contributed by atoms with Crippen LogP contribution < -0.4 is 5.32 Å². The van der Waals surface area contributed by atoms with Gasteiger partial charge >= 0.3 is 0 Å². The molecule has 1 fully saturated rings. The number of hydrogen-bond donors (Lipinski definition) is 2. The maximum Gasteiger partial charge on any atom is 0.224 e.